The minimum Gasteiger partial charge on any atom is -0.469 e. The van der Waals surface area contributed by atoms with Gasteiger partial charge < -0.3 is 14.7 Å². The molecule has 1 aromatic carbocycles. The van der Waals surface area contributed by atoms with Crippen molar-refractivity contribution < 1.29 is 29.0 Å². The number of carbonyl (C=O) groups is 4. The van der Waals surface area contributed by atoms with Gasteiger partial charge in [0.05, 0.1) is 36.8 Å². The molecule has 0 unspecified atom stereocenters. The van der Waals surface area contributed by atoms with E-state index in [4.69, 9.17) is 0 Å². The molecule has 0 aromatic heterocycles. The van der Waals surface area contributed by atoms with Gasteiger partial charge in [-0.25, -0.2) is 0 Å². The van der Waals surface area contributed by atoms with E-state index in [9.17, 15) is 24.3 Å². The van der Waals surface area contributed by atoms with Crippen LogP contribution in [0.2, 0.25) is 0 Å². The minimum absolute atomic E-state index is 0.00222. The number of hydrogen-bond donors (Lipinski definition) is 1. The average molecular weight is 362 g/mol. The molecule has 1 aliphatic rings. The Morgan fingerprint density at radius 2 is 1.69 bits per heavy atom. The van der Waals surface area contributed by atoms with Gasteiger partial charge in [-0.15, -0.1) is 0 Å². The zero-order chi connectivity index (χ0) is 19.5. The van der Waals surface area contributed by atoms with Gasteiger partial charge in [-0.1, -0.05) is 12.1 Å². The van der Waals surface area contributed by atoms with Crippen molar-refractivity contribution in [3.8, 4) is 0 Å². The van der Waals surface area contributed by atoms with Gasteiger partial charge in [-0.3, -0.25) is 24.1 Å². The number of carbonyl (C=O) groups excluding carboxylic acids is 4. The Morgan fingerprint density at radius 3 is 2.15 bits per heavy atom. The van der Waals surface area contributed by atoms with Crippen LogP contribution in [0.5, 0.6) is 0 Å². The van der Waals surface area contributed by atoms with Gasteiger partial charge in [0, 0.05) is 6.54 Å². The number of fused-ring (bicyclic) bond motifs is 1. The number of imide groups is 1. The topological polar surface area (TPSA) is 104 Å². The SMILES string of the molecule is COC(=O)CCN(C(=O)CN1C(=O)c2ccccc2C1=O)C(C)(C)CO. The Labute approximate surface area is 151 Å². The number of esters is 1. The normalized spacial score (nSPS) is 13.6. The second kappa shape index (κ2) is 7.65. The standard InChI is InChI=1S/C18H22N2O6/c1-18(2,11-21)20(9-8-15(23)26-3)14(22)10-19-16(24)12-6-4-5-7-13(12)17(19)25/h4-7,21H,8-11H2,1-3H3. The number of amides is 3. The summed E-state index contributed by atoms with van der Waals surface area (Å²) in [6.45, 7) is 2.45. The fourth-order valence-electron chi connectivity index (χ4n) is 2.76. The molecule has 1 heterocycles. The summed E-state index contributed by atoms with van der Waals surface area (Å²) in [6, 6.07) is 6.36. The van der Waals surface area contributed by atoms with Gasteiger partial charge in [-0.2, -0.15) is 0 Å². The Morgan fingerprint density at radius 1 is 1.15 bits per heavy atom. The van der Waals surface area contributed by atoms with Crippen LogP contribution in [0, 0.1) is 0 Å². The number of methoxy groups -OCH3 is 1. The zero-order valence-corrected chi connectivity index (χ0v) is 15.0. The Kier molecular flexibility index (Phi) is 5.76. The summed E-state index contributed by atoms with van der Waals surface area (Å²) in [4.78, 5) is 51.2. The number of nitrogens with zero attached hydrogens (tertiary/aromatic N) is 2. The number of aliphatic hydroxyl groups is 1. The molecule has 8 heteroatoms. The van der Waals surface area contributed by atoms with Crippen molar-refractivity contribution >= 4 is 23.7 Å². The molecule has 0 fully saturated rings. The van der Waals surface area contributed by atoms with Crippen molar-refractivity contribution in [2.45, 2.75) is 25.8 Å². The second-order valence-electron chi connectivity index (χ2n) is 6.58. The van der Waals surface area contributed by atoms with Crippen LogP contribution in [0.1, 0.15) is 41.0 Å². The van der Waals surface area contributed by atoms with E-state index in [1.165, 1.54) is 24.1 Å². The molecular weight excluding hydrogens is 340 g/mol. The van der Waals surface area contributed by atoms with Crippen molar-refractivity contribution in [1.82, 2.24) is 9.80 Å². The summed E-state index contributed by atoms with van der Waals surface area (Å²) in [5.74, 6) is -2.11. The van der Waals surface area contributed by atoms with Crippen LogP contribution in [-0.4, -0.2) is 70.9 Å². The first-order valence-corrected chi connectivity index (χ1v) is 8.16. The lowest BCUT2D eigenvalue weighted by Crippen LogP contribution is -2.54. The highest BCUT2D eigenvalue weighted by atomic mass is 16.5. The van der Waals surface area contributed by atoms with Gasteiger partial charge >= 0.3 is 5.97 Å². The van der Waals surface area contributed by atoms with Crippen LogP contribution < -0.4 is 0 Å². The van der Waals surface area contributed by atoms with Gasteiger partial charge in [0.1, 0.15) is 6.54 Å². The Balaban J connectivity index is 2.18. The van der Waals surface area contributed by atoms with Crippen LogP contribution in [0.4, 0.5) is 0 Å². The summed E-state index contributed by atoms with van der Waals surface area (Å²) in [5.41, 5.74) is -0.454. The van der Waals surface area contributed by atoms with Crippen LogP contribution >= 0.6 is 0 Å². The van der Waals surface area contributed by atoms with Crippen molar-refractivity contribution in [1.29, 1.82) is 0 Å². The molecule has 1 aromatic rings. The zero-order valence-electron chi connectivity index (χ0n) is 15.0. The molecule has 2 rings (SSSR count). The van der Waals surface area contributed by atoms with E-state index in [2.05, 4.69) is 4.74 Å². The molecule has 0 atom stereocenters. The lowest BCUT2D eigenvalue weighted by Gasteiger charge is -2.37. The maximum Gasteiger partial charge on any atom is 0.307 e. The van der Waals surface area contributed by atoms with Crippen molar-refractivity contribution in [2.24, 2.45) is 0 Å². The smallest absolute Gasteiger partial charge is 0.307 e. The maximum atomic E-state index is 12.8. The number of ether oxygens (including phenoxy) is 1. The highest BCUT2D eigenvalue weighted by Crippen LogP contribution is 2.23. The highest BCUT2D eigenvalue weighted by Gasteiger charge is 2.39. The fourth-order valence-corrected chi connectivity index (χ4v) is 2.76. The van der Waals surface area contributed by atoms with E-state index in [1.54, 1.807) is 26.0 Å². The first-order valence-electron chi connectivity index (χ1n) is 8.16. The van der Waals surface area contributed by atoms with E-state index in [0.717, 1.165) is 4.90 Å². The number of benzene rings is 1. The maximum absolute atomic E-state index is 12.8. The van der Waals surface area contributed by atoms with Crippen molar-refractivity contribution in [3.05, 3.63) is 35.4 Å². The van der Waals surface area contributed by atoms with E-state index >= 15 is 0 Å². The average Bonchev–Trinajstić information content (AvgIpc) is 2.86. The molecule has 3 amide bonds. The molecule has 0 saturated heterocycles. The van der Waals surface area contributed by atoms with Gasteiger partial charge in [-0.05, 0) is 26.0 Å². The van der Waals surface area contributed by atoms with Gasteiger partial charge in [0.2, 0.25) is 5.91 Å². The summed E-state index contributed by atoms with van der Waals surface area (Å²) >= 11 is 0. The molecule has 0 bridgehead atoms. The van der Waals surface area contributed by atoms with E-state index in [1.807, 2.05) is 0 Å². The molecule has 1 aliphatic heterocycles. The Bertz CT molecular complexity index is 708. The third-order valence-electron chi connectivity index (χ3n) is 4.36. The van der Waals surface area contributed by atoms with Crippen molar-refractivity contribution in [2.75, 3.05) is 26.8 Å². The van der Waals surface area contributed by atoms with Crippen LogP contribution in [0.15, 0.2) is 24.3 Å². The first kappa shape index (κ1) is 19.6. The van der Waals surface area contributed by atoms with Gasteiger partial charge in [0.15, 0.2) is 0 Å². The number of hydrogen-bond acceptors (Lipinski definition) is 6. The predicted octanol–water partition coefficient (Wildman–Crippen LogP) is 0.445. The summed E-state index contributed by atoms with van der Waals surface area (Å²) < 4.78 is 4.58. The quantitative estimate of drug-likeness (QED) is 0.558. The number of rotatable bonds is 7. The van der Waals surface area contributed by atoms with Crippen LogP contribution in [-0.2, 0) is 14.3 Å². The molecule has 140 valence electrons. The first-order chi connectivity index (χ1) is 12.2. The third kappa shape index (κ3) is 3.75. The molecule has 8 nitrogen and oxygen atoms in total. The van der Waals surface area contributed by atoms with E-state index in [0.29, 0.717) is 0 Å². The third-order valence-corrected chi connectivity index (χ3v) is 4.36. The van der Waals surface area contributed by atoms with E-state index < -0.39 is 35.8 Å². The van der Waals surface area contributed by atoms with Crippen LogP contribution in [0.3, 0.4) is 0 Å². The molecule has 26 heavy (non-hydrogen) atoms. The summed E-state index contributed by atoms with van der Waals surface area (Å²) in [7, 11) is 1.24. The van der Waals surface area contributed by atoms with Crippen molar-refractivity contribution in [3.63, 3.8) is 0 Å². The fraction of sp³-hybridized carbons (Fsp3) is 0.444. The number of aliphatic hydroxyl groups excluding tert-OH is 1. The predicted molar refractivity (Wildman–Crippen MR) is 91.3 cm³/mol. The monoisotopic (exact) mass is 362 g/mol. The summed E-state index contributed by atoms with van der Waals surface area (Å²) in [6.07, 6.45) is -0.0617. The van der Waals surface area contributed by atoms with Crippen LogP contribution in [0.25, 0.3) is 0 Å². The Hall–Kier alpha value is -2.74. The van der Waals surface area contributed by atoms with Gasteiger partial charge in [0.25, 0.3) is 11.8 Å². The highest BCUT2D eigenvalue weighted by molar-refractivity contribution is 6.22. The summed E-state index contributed by atoms with van der Waals surface area (Å²) in [5, 5.41) is 9.59. The minimum atomic E-state index is -0.968. The largest absolute Gasteiger partial charge is 0.469 e. The molecule has 0 spiro atoms. The lowest BCUT2D eigenvalue weighted by molar-refractivity contribution is -0.144. The molecule has 1 N–H and O–H groups in total. The second-order valence-corrected chi connectivity index (χ2v) is 6.58. The molecule has 0 radical (unpaired) electrons. The van der Waals surface area contributed by atoms with E-state index in [-0.39, 0.29) is 30.7 Å². The lowest BCUT2D eigenvalue weighted by atomic mass is 10.0. The molecule has 0 aliphatic carbocycles. The molecule has 0 saturated carbocycles. The molecular formula is C18H22N2O6.